The molecule has 0 aliphatic heterocycles. The second-order valence-electron chi connectivity index (χ2n) is 2.90. The van der Waals surface area contributed by atoms with Crippen LogP contribution in [0.25, 0.3) is 0 Å². The average Bonchev–Trinajstić information content (AvgIpc) is 2.06. The zero-order valence-corrected chi connectivity index (χ0v) is 9.31. The molecule has 0 heterocycles. The highest BCUT2D eigenvalue weighted by Gasteiger charge is 2.04. The Labute approximate surface area is 88.1 Å². The van der Waals surface area contributed by atoms with Gasteiger partial charge in [0.05, 0.1) is 5.75 Å². The summed E-state index contributed by atoms with van der Waals surface area (Å²) in [6.07, 6.45) is 0. The van der Waals surface area contributed by atoms with E-state index in [-0.39, 0.29) is 12.4 Å². The van der Waals surface area contributed by atoms with Crippen LogP contribution in [0.15, 0.2) is 24.3 Å². The number of hydrogen-bond donors (Lipinski definition) is 0. The topological polar surface area (TPSA) is 43.4 Å². The Morgan fingerprint density at radius 1 is 1.29 bits per heavy atom. The quantitative estimate of drug-likeness (QED) is 0.748. The molecule has 0 aliphatic rings. The van der Waals surface area contributed by atoms with E-state index in [1.54, 1.807) is 12.1 Å². The molecule has 0 saturated heterocycles. The minimum Gasteiger partial charge on any atom is -0.492 e. The Balaban J connectivity index is 2.43. The van der Waals surface area contributed by atoms with Crippen LogP contribution in [0.3, 0.4) is 0 Å². The molecule has 0 amide bonds. The van der Waals surface area contributed by atoms with Crippen molar-refractivity contribution in [3.63, 3.8) is 0 Å². The molecule has 1 aromatic rings. The third kappa shape index (κ3) is 4.48. The summed E-state index contributed by atoms with van der Waals surface area (Å²) in [4.78, 5) is 0. The van der Waals surface area contributed by atoms with Crippen molar-refractivity contribution in [1.29, 1.82) is 0 Å². The van der Waals surface area contributed by atoms with E-state index in [0.29, 0.717) is 5.75 Å². The van der Waals surface area contributed by atoms with Gasteiger partial charge in [-0.25, -0.2) is 8.42 Å². The van der Waals surface area contributed by atoms with Crippen molar-refractivity contribution < 1.29 is 13.2 Å². The molecule has 78 valence electrons. The van der Waals surface area contributed by atoms with Crippen LogP contribution < -0.4 is 4.74 Å². The molecule has 14 heavy (non-hydrogen) atoms. The summed E-state index contributed by atoms with van der Waals surface area (Å²) in [5.41, 5.74) is 1.13. The van der Waals surface area contributed by atoms with Gasteiger partial charge in [-0.2, -0.15) is 0 Å². The van der Waals surface area contributed by atoms with Crippen LogP contribution in [0, 0.1) is 6.92 Å². The van der Waals surface area contributed by atoms with Gasteiger partial charge in [0, 0.05) is 10.7 Å². The highest BCUT2D eigenvalue weighted by atomic mass is 35.7. The first-order chi connectivity index (χ1) is 6.47. The maximum absolute atomic E-state index is 10.6. The predicted octanol–water partition coefficient (Wildman–Crippen LogP) is 1.94. The van der Waals surface area contributed by atoms with Crippen LogP contribution in [0.2, 0.25) is 0 Å². The molecule has 1 rings (SSSR count). The number of rotatable bonds is 4. The van der Waals surface area contributed by atoms with Crippen LogP contribution in [0.4, 0.5) is 0 Å². The minimum atomic E-state index is -3.46. The van der Waals surface area contributed by atoms with E-state index in [0.717, 1.165) is 5.56 Å². The lowest BCUT2D eigenvalue weighted by Gasteiger charge is -2.04. The summed E-state index contributed by atoms with van der Waals surface area (Å²) in [7, 11) is 1.56. The van der Waals surface area contributed by atoms with E-state index in [4.69, 9.17) is 15.4 Å². The van der Waals surface area contributed by atoms with Crippen LogP contribution in [-0.4, -0.2) is 20.8 Å². The Hall–Kier alpha value is -0.740. The molecular weight excluding hydrogens is 224 g/mol. The lowest BCUT2D eigenvalue weighted by molar-refractivity contribution is 0.341. The number of aryl methyl sites for hydroxylation is 1. The van der Waals surface area contributed by atoms with E-state index in [1.165, 1.54) is 0 Å². The number of halogens is 1. The van der Waals surface area contributed by atoms with Gasteiger partial charge in [-0.05, 0) is 19.1 Å². The van der Waals surface area contributed by atoms with Crippen LogP contribution in [-0.2, 0) is 9.05 Å². The first-order valence-corrected chi connectivity index (χ1v) is 6.57. The largest absolute Gasteiger partial charge is 0.492 e. The predicted molar refractivity (Wildman–Crippen MR) is 56.3 cm³/mol. The molecule has 0 saturated carbocycles. The molecule has 0 N–H and O–H groups in total. The third-order valence-electron chi connectivity index (χ3n) is 1.62. The van der Waals surface area contributed by atoms with E-state index in [9.17, 15) is 8.42 Å². The fourth-order valence-electron chi connectivity index (χ4n) is 0.894. The first kappa shape index (κ1) is 11.3. The fraction of sp³-hybridized carbons (Fsp3) is 0.333. The maximum Gasteiger partial charge on any atom is 0.235 e. The van der Waals surface area contributed by atoms with Gasteiger partial charge in [0.2, 0.25) is 9.05 Å². The zero-order chi connectivity index (χ0) is 10.6. The lowest BCUT2D eigenvalue weighted by atomic mass is 10.2. The first-order valence-electron chi connectivity index (χ1n) is 4.09. The lowest BCUT2D eigenvalue weighted by Crippen LogP contribution is -2.08. The van der Waals surface area contributed by atoms with E-state index >= 15 is 0 Å². The van der Waals surface area contributed by atoms with Crippen LogP contribution in [0.5, 0.6) is 5.75 Å². The van der Waals surface area contributed by atoms with Crippen molar-refractivity contribution in [2.45, 2.75) is 6.92 Å². The fourth-order valence-corrected chi connectivity index (χ4v) is 1.36. The molecule has 0 aliphatic carbocycles. The van der Waals surface area contributed by atoms with Crippen molar-refractivity contribution in [2.75, 3.05) is 12.4 Å². The van der Waals surface area contributed by atoms with Gasteiger partial charge in [-0.1, -0.05) is 17.7 Å². The van der Waals surface area contributed by atoms with Gasteiger partial charge in [0.15, 0.2) is 0 Å². The Morgan fingerprint density at radius 3 is 2.36 bits per heavy atom. The summed E-state index contributed by atoms with van der Waals surface area (Å²) in [6.45, 7) is 2.04. The summed E-state index contributed by atoms with van der Waals surface area (Å²) in [5, 5.41) is 0. The van der Waals surface area contributed by atoms with Crippen molar-refractivity contribution >= 4 is 19.7 Å². The van der Waals surface area contributed by atoms with Gasteiger partial charge in [0.1, 0.15) is 12.4 Å². The maximum atomic E-state index is 10.6. The molecule has 5 heteroatoms. The smallest absolute Gasteiger partial charge is 0.235 e. The number of hydrogen-bond acceptors (Lipinski definition) is 3. The van der Waals surface area contributed by atoms with Gasteiger partial charge >= 0.3 is 0 Å². The van der Waals surface area contributed by atoms with Crippen LogP contribution >= 0.6 is 10.7 Å². The van der Waals surface area contributed by atoms with E-state index < -0.39 is 9.05 Å². The van der Waals surface area contributed by atoms with E-state index in [1.807, 2.05) is 19.1 Å². The monoisotopic (exact) mass is 234 g/mol. The average molecular weight is 235 g/mol. The highest BCUT2D eigenvalue weighted by molar-refractivity contribution is 8.13. The Morgan fingerprint density at radius 2 is 1.86 bits per heavy atom. The van der Waals surface area contributed by atoms with Crippen molar-refractivity contribution in [3.8, 4) is 5.75 Å². The second-order valence-corrected chi connectivity index (χ2v) is 5.80. The van der Waals surface area contributed by atoms with E-state index in [2.05, 4.69) is 0 Å². The van der Waals surface area contributed by atoms with Gasteiger partial charge in [0.25, 0.3) is 0 Å². The van der Waals surface area contributed by atoms with Crippen molar-refractivity contribution in [1.82, 2.24) is 0 Å². The second kappa shape index (κ2) is 4.66. The Kier molecular flexibility index (Phi) is 3.77. The summed E-state index contributed by atoms with van der Waals surface area (Å²) >= 11 is 0. The van der Waals surface area contributed by atoms with Gasteiger partial charge in [-0.15, -0.1) is 0 Å². The SMILES string of the molecule is Cc1ccc(OCCS(=O)(=O)Cl)cc1. The van der Waals surface area contributed by atoms with Crippen molar-refractivity contribution in [3.05, 3.63) is 29.8 Å². The molecule has 0 atom stereocenters. The standard InChI is InChI=1S/C9H11ClO3S/c1-8-2-4-9(5-3-8)13-6-7-14(10,11)12/h2-5H,6-7H2,1H3. The molecule has 0 spiro atoms. The molecule has 1 aromatic carbocycles. The van der Waals surface area contributed by atoms with Crippen LogP contribution in [0.1, 0.15) is 5.56 Å². The molecule has 0 aromatic heterocycles. The minimum absolute atomic E-state index is 0.0783. The zero-order valence-electron chi connectivity index (χ0n) is 7.73. The van der Waals surface area contributed by atoms with Crippen molar-refractivity contribution in [2.24, 2.45) is 0 Å². The molecule has 0 unspecified atom stereocenters. The van der Waals surface area contributed by atoms with Gasteiger partial charge < -0.3 is 4.74 Å². The Bertz CT molecular complexity index is 383. The molecular formula is C9H11ClO3S. The molecule has 0 bridgehead atoms. The third-order valence-corrected chi connectivity index (χ3v) is 2.73. The number of ether oxygens (including phenoxy) is 1. The summed E-state index contributed by atoms with van der Waals surface area (Å²) in [6, 6.07) is 7.36. The summed E-state index contributed by atoms with van der Waals surface area (Å²) in [5.74, 6) is 0.471. The molecule has 3 nitrogen and oxygen atoms in total. The summed E-state index contributed by atoms with van der Waals surface area (Å²) < 4.78 is 26.3. The normalized spacial score (nSPS) is 11.3. The number of benzene rings is 1. The van der Waals surface area contributed by atoms with Gasteiger partial charge in [-0.3, -0.25) is 0 Å². The molecule has 0 fully saturated rings. The molecule has 0 radical (unpaired) electrons. The highest BCUT2D eigenvalue weighted by Crippen LogP contribution is 2.11.